The van der Waals surface area contributed by atoms with Crippen molar-refractivity contribution in [2.45, 2.75) is 0 Å². The van der Waals surface area contributed by atoms with Crippen LogP contribution in [-0.4, -0.2) is 23.1 Å². The van der Waals surface area contributed by atoms with Crippen molar-refractivity contribution < 1.29 is 14.5 Å². The number of non-ortho nitro benzene ring substituents is 1. The van der Waals surface area contributed by atoms with E-state index in [1.165, 1.54) is 24.3 Å². The van der Waals surface area contributed by atoms with E-state index >= 15 is 0 Å². The molecule has 0 spiro atoms. The fourth-order valence-electron chi connectivity index (χ4n) is 2.00. The first-order valence-electron chi connectivity index (χ1n) is 7.27. The lowest BCUT2D eigenvalue weighted by Gasteiger charge is -2.09. The fourth-order valence-corrected chi connectivity index (χ4v) is 2.43. The van der Waals surface area contributed by atoms with E-state index in [4.69, 9.17) is 28.6 Å². The number of para-hydroxylation sites is 1. The maximum atomic E-state index is 12.0. The third-order valence-corrected chi connectivity index (χ3v) is 3.72. The van der Waals surface area contributed by atoms with E-state index in [0.29, 0.717) is 11.4 Å². The van der Waals surface area contributed by atoms with Crippen LogP contribution in [-0.2, 0) is 4.79 Å². The Morgan fingerprint density at radius 1 is 1.31 bits per heavy atom. The Morgan fingerprint density at radius 2 is 2.04 bits per heavy atom. The molecule has 0 radical (unpaired) electrons. The maximum Gasteiger partial charge on any atom is 0.271 e. The van der Waals surface area contributed by atoms with Gasteiger partial charge in [-0.2, -0.15) is 0 Å². The summed E-state index contributed by atoms with van der Waals surface area (Å²) in [7, 11) is 1.54. The molecule has 0 fully saturated rings. The first kappa shape index (κ1) is 19.4. The van der Waals surface area contributed by atoms with Gasteiger partial charge in [-0.1, -0.05) is 29.8 Å². The minimum atomic E-state index is -0.557. The van der Waals surface area contributed by atoms with E-state index < -0.39 is 10.8 Å². The molecule has 134 valence electrons. The van der Waals surface area contributed by atoms with E-state index in [1.807, 2.05) is 12.1 Å². The van der Waals surface area contributed by atoms with Gasteiger partial charge in [0.2, 0.25) is 5.91 Å². The van der Waals surface area contributed by atoms with Crippen molar-refractivity contribution in [3.63, 3.8) is 0 Å². The fraction of sp³-hybridized carbons (Fsp3) is 0.0588. The number of ether oxygens (including phenoxy) is 1. The van der Waals surface area contributed by atoms with E-state index in [2.05, 4.69) is 10.6 Å². The Bertz CT molecular complexity index is 886. The number of hydrogen-bond acceptors (Lipinski definition) is 5. The first-order valence-corrected chi connectivity index (χ1v) is 8.06. The van der Waals surface area contributed by atoms with Crippen LogP contribution in [0.1, 0.15) is 5.56 Å². The summed E-state index contributed by atoms with van der Waals surface area (Å²) in [6.45, 7) is 0. The molecular formula is C17H14ClN3O4S. The zero-order valence-electron chi connectivity index (χ0n) is 13.6. The third-order valence-electron chi connectivity index (χ3n) is 3.20. The van der Waals surface area contributed by atoms with Gasteiger partial charge in [-0.3, -0.25) is 20.2 Å². The number of carbonyl (C=O) groups excluding carboxylic acids is 1. The molecule has 0 atom stereocenters. The molecule has 0 heterocycles. The van der Waals surface area contributed by atoms with Gasteiger partial charge in [0.1, 0.15) is 5.75 Å². The molecule has 0 saturated heterocycles. The van der Waals surface area contributed by atoms with Gasteiger partial charge in [-0.15, -0.1) is 0 Å². The molecule has 0 aliphatic rings. The molecule has 26 heavy (non-hydrogen) atoms. The molecule has 9 heteroatoms. The van der Waals surface area contributed by atoms with Crippen LogP contribution in [0.5, 0.6) is 5.75 Å². The highest BCUT2D eigenvalue weighted by atomic mass is 35.5. The quantitative estimate of drug-likeness (QED) is 0.348. The normalized spacial score (nSPS) is 10.4. The third kappa shape index (κ3) is 5.27. The number of nitrogens with zero attached hydrogens (tertiary/aromatic N) is 1. The SMILES string of the molecule is COc1ccccc1C=CC(=O)NC(=S)Nc1ccc([N+](=O)[O-])cc1Cl. The number of carbonyl (C=O) groups is 1. The second kappa shape index (κ2) is 8.93. The lowest BCUT2D eigenvalue weighted by atomic mass is 10.2. The second-order valence-electron chi connectivity index (χ2n) is 4.94. The lowest BCUT2D eigenvalue weighted by Crippen LogP contribution is -2.32. The standard InChI is InChI=1S/C17H14ClN3O4S/c1-25-15-5-3-2-4-11(15)6-9-16(22)20-17(26)19-14-8-7-12(21(23)24)10-13(14)18/h2-10H,1H3,(H2,19,20,22,26). The summed E-state index contributed by atoms with van der Waals surface area (Å²) in [4.78, 5) is 22.1. The van der Waals surface area contributed by atoms with E-state index in [1.54, 1.807) is 25.3 Å². The number of hydrogen-bond donors (Lipinski definition) is 2. The van der Waals surface area contributed by atoms with Gasteiger partial charge in [0.05, 0.1) is 22.7 Å². The van der Waals surface area contributed by atoms with Crippen LogP contribution in [0.2, 0.25) is 5.02 Å². The highest BCUT2D eigenvalue weighted by Crippen LogP contribution is 2.26. The Hall–Kier alpha value is -2.97. The predicted octanol–water partition coefficient (Wildman–Crippen LogP) is 3.78. The molecule has 7 nitrogen and oxygen atoms in total. The van der Waals surface area contributed by atoms with E-state index in [-0.39, 0.29) is 15.8 Å². The number of nitro benzene ring substituents is 1. The number of halogens is 1. The highest BCUT2D eigenvalue weighted by Gasteiger charge is 2.11. The van der Waals surface area contributed by atoms with Crippen molar-refractivity contribution in [3.8, 4) is 5.75 Å². The van der Waals surface area contributed by atoms with Gasteiger partial charge in [-0.05, 0) is 30.4 Å². The van der Waals surface area contributed by atoms with Crippen LogP contribution in [0.25, 0.3) is 6.08 Å². The summed E-state index contributed by atoms with van der Waals surface area (Å²) in [6, 6.07) is 11.1. The van der Waals surface area contributed by atoms with Crippen molar-refractivity contribution in [3.05, 3.63) is 69.2 Å². The molecule has 0 aliphatic heterocycles. The van der Waals surface area contributed by atoms with E-state index in [9.17, 15) is 14.9 Å². The Morgan fingerprint density at radius 3 is 2.69 bits per heavy atom. The van der Waals surface area contributed by atoms with Crippen molar-refractivity contribution in [1.82, 2.24) is 5.32 Å². The Balaban J connectivity index is 1.98. The average molecular weight is 392 g/mol. The smallest absolute Gasteiger partial charge is 0.271 e. The van der Waals surface area contributed by atoms with Gasteiger partial charge < -0.3 is 10.1 Å². The Kier molecular flexibility index (Phi) is 6.65. The summed E-state index contributed by atoms with van der Waals surface area (Å²) >= 11 is 11.0. The van der Waals surface area contributed by atoms with Crippen molar-refractivity contribution >= 4 is 52.3 Å². The number of amides is 1. The largest absolute Gasteiger partial charge is 0.496 e. The van der Waals surface area contributed by atoms with Crippen LogP contribution < -0.4 is 15.4 Å². The molecular weight excluding hydrogens is 378 g/mol. The molecule has 0 unspecified atom stereocenters. The molecule has 2 aromatic rings. The summed E-state index contributed by atoms with van der Waals surface area (Å²) < 4.78 is 5.19. The predicted molar refractivity (Wildman–Crippen MR) is 104 cm³/mol. The molecule has 2 N–H and O–H groups in total. The monoisotopic (exact) mass is 391 g/mol. The highest BCUT2D eigenvalue weighted by molar-refractivity contribution is 7.80. The van der Waals surface area contributed by atoms with Crippen molar-refractivity contribution in [2.75, 3.05) is 12.4 Å². The van der Waals surface area contributed by atoms with Gasteiger partial charge in [-0.25, -0.2) is 0 Å². The van der Waals surface area contributed by atoms with Crippen LogP contribution in [0.15, 0.2) is 48.5 Å². The number of benzene rings is 2. The van der Waals surface area contributed by atoms with Crippen molar-refractivity contribution in [2.24, 2.45) is 0 Å². The number of nitrogens with one attached hydrogen (secondary N) is 2. The molecule has 0 aliphatic carbocycles. The lowest BCUT2D eigenvalue weighted by molar-refractivity contribution is -0.384. The van der Waals surface area contributed by atoms with E-state index in [0.717, 1.165) is 5.56 Å². The summed E-state index contributed by atoms with van der Waals surface area (Å²) in [5, 5.41) is 16.0. The van der Waals surface area contributed by atoms with Gasteiger partial charge in [0.15, 0.2) is 5.11 Å². The van der Waals surface area contributed by atoms with Gasteiger partial charge in [0.25, 0.3) is 5.69 Å². The minimum Gasteiger partial charge on any atom is -0.496 e. The second-order valence-corrected chi connectivity index (χ2v) is 5.76. The number of nitro groups is 1. The maximum absolute atomic E-state index is 12.0. The van der Waals surface area contributed by atoms with Crippen LogP contribution in [0.4, 0.5) is 11.4 Å². The zero-order valence-corrected chi connectivity index (χ0v) is 15.1. The Labute approximate surface area is 159 Å². The van der Waals surface area contributed by atoms with Gasteiger partial charge >= 0.3 is 0 Å². The first-order chi connectivity index (χ1) is 12.4. The summed E-state index contributed by atoms with van der Waals surface area (Å²) in [6.07, 6.45) is 2.90. The van der Waals surface area contributed by atoms with Crippen LogP contribution in [0.3, 0.4) is 0 Å². The van der Waals surface area contributed by atoms with Crippen LogP contribution in [0, 0.1) is 10.1 Å². The zero-order chi connectivity index (χ0) is 19.1. The van der Waals surface area contributed by atoms with Crippen LogP contribution >= 0.6 is 23.8 Å². The topological polar surface area (TPSA) is 93.5 Å². The number of anilines is 1. The number of thiocarbonyl (C=S) groups is 1. The van der Waals surface area contributed by atoms with Gasteiger partial charge in [0, 0.05) is 23.8 Å². The van der Waals surface area contributed by atoms with Crippen molar-refractivity contribution in [1.29, 1.82) is 0 Å². The summed E-state index contributed by atoms with van der Waals surface area (Å²) in [5.41, 5.74) is 0.939. The molecule has 2 aromatic carbocycles. The molecule has 1 amide bonds. The summed E-state index contributed by atoms with van der Waals surface area (Å²) in [5.74, 6) is 0.182. The average Bonchev–Trinajstić information content (AvgIpc) is 2.61. The molecule has 0 bridgehead atoms. The molecule has 0 aromatic heterocycles. The number of methoxy groups -OCH3 is 1. The molecule has 2 rings (SSSR count). The number of rotatable bonds is 5. The molecule has 0 saturated carbocycles. The minimum absolute atomic E-state index is 0.00966.